The molecule has 31 heavy (non-hydrogen) atoms. The van der Waals surface area contributed by atoms with Crippen molar-refractivity contribution in [2.75, 3.05) is 46.9 Å². The smallest absolute Gasteiger partial charge is 0.225 e. The van der Waals surface area contributed by atoms with Crippen molar-refractivity contribution in [2.24, 2.45) is 10.9 Å². The van der Waals surface area contributed by atoms with Crippen molar-refractivity contribution in [1.82, 2.24) is 20.4 Å². The van der Waals surface area contributed by atoms with Gasteiger partial charge in [0.25, 0.3) is 0 Å². The number of guanidine groups is 1. The number of carbonyl (C=O) groups is 1. The lowest BCUT2D eigenvalue weighted by Crippen LogP contribution is -2.45. The minimum Gasteiger partial charge on any atom is -0.492 e. The number of rotatable bonds is 9. The highest BCUT2D eigenvalue weighted by Crippen LogP contribution is 2.27. The molecule has 1 aliphatic heterocycles. The van der Waals surface area contributed by atoms with Crippen LogP contribution in [0.5, 0.6) is 5.75 Å². The second-order valence-electron chi connectivity index (χ2n) is 8.89. The van der Waals surface area contributed by atoms with E-state index in [0.29, 0.717) is 19.1 Å². The number of nitrogens with zero attached hydrogens (tertiary/aromatic N) is 3. The maximum atomic E-state index is 12.7. The molecule has 0 aromatic heterocycles. The van der Waals surface area contributed by atoms with Crippen LogP contribution in [0.2, 0.25) is 0 Å². The van der Waals surface area contributed by atoms with E-state index in [9.17, 15) is 4.79 Å². The van der Waals surface area contributed by atoms with E-state index in [1.54, 1.807) is 0 Å². The predicted octanol–water partition coefficient (Wildman–Crippen LogP) is 2.47. The maximum Gasteiger partial charge on any atom is 0.225 e. The Morgan fingerprint density at radius 2 is 2.06 bits per heavy atom. The van der Waals surface area contributed by atoms with Crippen LogP contribution in [0.4, 0.5) is 0 Å². The Balaban J connectivity index is 1.51. The van der Waals surface area contributed by atoms with E-state index in [1.807, 2.05) is 31.1 Å². The lowest BCUT2D eigenvalue weighted by molar-refractivity contribution is -0.134. The largest absolute Gasteiger partial charge is 0.492 e. The third kappa shape index (κ3) is 7.42. The molecule has 0 bridgehead atoms. The van der Waals surface area contributed by atoms with Gasteiger partial charge in [0.2, 0.25) is 5.91 Å². The van der Waals surface area contributed by atoms with Crippen LogP contribution in [0.15, 0.2) is 29.3 Å². The van der Waals surface area contributed by atoms with Crippen LogP contribution >= 0.6 is 0 Å². The number of benzene rings is 1. The van der Waals surface area contributed by atoms with E-state index in [2.05, 4.69) is 34.6 Å². The van der Waals surface area contributed by atoms with E-state index < -0.39 is 0 Å². The van der Waals surface area contributed by atoms with Crippen LogP contribution in [-0.2, 0) is 11.3 Å². The first-order chi connectivity index (χ1) is 15.0. The van der Waals surface area contributed by atoms with Gasteiger partial charge in [0.1, 0.15) is 12.4 Å². The molecule has 1 saturated carbocycles. The van der Waals surface area contributed by atoms with Crippen molar-refractivity contribution < 1.29 is 9.53 Å². The van der Waals surface area contributed by atoms with Gasteiger partial charge in [-0.25, -0.2) is 4.99 Å². The Bertz CT molecular complexity index is 730. The van der Waals surface area contributed by atoms with Crippen molar-refractivity contribution in [3.8, 4) is 5.75 Å². The molecule has 2 aliphatic rings. The molecule has 1 atom stereocenters. The molecule has 3 rings (SSSR count). The maximum absolute atomic E-state index is 12.7. The first-order valence-electron chi connectivity index (χ1n) is 11.7. The van der Waals surface area contributed by atoms with E-state index in [0.717, 1.165) is 62.7 Å². The molecule has 1 heterocycles. The summed E-state index contributed by atoms with van der Waals surface area (Å²) >= 11 is 0. The summed E-state index contributed by atoms with van der Waals surface area (Å²) in [5.41, 5.74) is 1.11. The van der Waals surface area contributed by atoms with Gasteiger partial charge in [0.15, 0.2) is 5.96 Å². The van der Waals surface area contributed by atoms with Crippen molar-refractivity contribution >= 4 is 11.9 Å². The number of nitrogens with one attached hydrogen (secondary N) is 2. The number of likely N-dealkylation sites (N-methyl/N-ethyl adjacent to an activating group) is 1. The Morgan fingerprint density at radius 3 is 2.81 bits per heavy atom. The highest BCUT2D eigenvalue weighted by molar-refractivity contribution is 5.81. The number of hydrogen-bond donors (Lipinski definition) is 2. The van der Waals surface area contributed by atoms with Crippen LogP contribution in [0, 0.1) is 5.92 Å². The second-order valence-corrected chi connectivity index (χ2v) is 8.89. The fourth-order valence-electron chi connectivity index (χ4n) is 4.27. The lowest BCUT2D eigenvalue weighted by Gasteiger charge is -2.21. The molecule has 1 aromatic carbocycles. The van der Waals surface area contributed by atoms with Gasteiger partial charge in [0, 0.05) is 38.1 Å². The molecular formula is C24H39N5O2. The van der Waals surface area contributed by atoms with Crippen LogP contribution in [0.25, 0.3) is 0 Å². The molecular weight excluding hydrogens is 390 g/mol. The SMILES string of the molecule is CCNC(=NCc1cccc(OCCN(C)C)c1)NC1CCN(C(=O)C2CCCC2)C1. The summed E-state index contributed by atoms with van der Waals surface area (Å²) in [5, 5.41) is 6.87. The number of hydrogen-bond acceptors (Lipinski definition) is 4. The molecule has 1 saturated heterocycles. The third-order valence-corrected chi connectivity index (χ3v) is 6.01. The minimum absolute atomic E-state index is 0.254. The normalized spacial score (nSPS) is 19.8. The van der Waals surface area contributed by atoms with Crippen molar-refractivity contribution in [1.29, 1.82) is 0 Å². The molecule has 2 N–H and O–H groups in total. The summed E-state index contributed by atoms with van der Waals surface area (Å²) in [6.45, 7) is 6.63. The first kappa shape index (κ1) is 23.4. The molecule has 0 spiro atoms. The van der Waals surface area contributed by atoms with E-state index in [1.165, 1.54) is 12.8 Å². The molecule has 172 valence electrons. The van der Waals surface area contributed by atoms with E-state index >= 15 is 0 Å². The van der Waals surface area contributed by atoms with Crippen LogP contribution in [0.1, 0.15) is 44.6 Å². The second kappa shape index (κ2) is 11.9. The zero-order valence-corrected chi connectivity index (χ0v) is 19.4. The Labute approximate surface area is 187 Å². The van der Waals surface area contributed by atoms with Crippen molar-refractivity contribution in [3.63, 3.8) is 0 Å². The minimum atomic E-state index is 0.254. The number of carbonyl (C=O) groups excluding carboxylic acids is 1. The first-order valence-corrected chi connectivity index (χ1v) is 11.7. The van der Waals surface area contributed by atoms with Gasteiger partial charge in [-0.2, -0.15) is 0 Å². The zero-order valence-electron chi connectivity index (χ0n) is 19.4. The van der Waals surface area contributed by atoms with Gasteiger partial charge in [-0.05, 0) is 58.0 Å². The van der Waals surface area contributed by atoms with Crippen molar-refractivity contribution in [3.05, 3.63) is 29.8 Å². The van der Waals surface area contributed by atoms with E-state index in [4.69, 9.17) is 9.73 Å². The molecule has 2 fully saturated rings. The van der Waals surface area contributed by atoms with Gasteiger partial charge in [-0.3, -0.25) is 4.79 Å². The molecule has 1 aromatic rings. The number of ether oxygens (including phenoxy) is 1. The summed E-state index contributed by atoms with van der Waals surface area (Å²) in [5.74, 6) is 2.30. The number of amides is 1. The molecule has 1 unspecified atom stereocenters. The summed E-state index contributed by atoms with van der Waals surface area (Å²) in [6, 6.07) is 8.38. The Kier molecular flexibility index (Phi) is 9.00. The summed E-state index contributed by atoms with van der Waals surface area (Å²) in [4.78, 5) is 21.6. The van der Waals surface area contributed by atoms with Crippen LogP contribution < -0.4 is 15.4 Å². The quantitative estimate of drug-likeness (QED) is 0.466. The average Bonchev–Trinajstić information content (AvgIpc) is 3.44. The summed E-state index contributed by atoms with van der Waals surface area (Å²) in [7, 11) is 4.08. The average molecular weight is 430 g/mol. The molecule has 0 radical (unpaired) electrons. The zero-order chi connectivity index (χ0) is 22.1. The Hall–Kier alpha value is -2.28. The summed E-state index contributed by atoms with van der Waals surface area (Å²) < 4.78 is 5.84. The third-order valence-electron chi connectivity index (χ3n) is 6.01. The summed E-state index contributed by atoms with van der Waals surface area (Å²) in [6.07, 6.45) is 5.50. The molecule has 1 aliphatic carbocycles. The van der Waals surface area contributed by atoms with Gasteiger partial charge < -0.3 is 25.2 Å². The van der Waals surface area contributed by atoms with Gasteiger partial charge in [0.05, 0.1) is 6.54 Å². The highest BCUT2D eigenvalue weighted by atomic mass is 16.5. The fourth-order valence-corrected chi connectivity index (χ4v) is 4.27. The monoisotopic (exact) mass is 429 g/mol. The number of aliphatic imine (C=N–C) groups is 1. The van der Waals surface area contributed by atoms with Crippen LogP contribution in [0.3, 0.4) is 0 Å². The fraction of sp³-hybridized carbons (Fsp3) is 0.667. The van der Waals surface area contributed by atoms with E-state index in [-0.39, 0.29) is 12.0 Å². The molecule has 1 amide bonds. The standard InChI is InChI=1S/C24H39N5O2/c1-4-25-24(26-17-19-8-7-11-22(16-19)31-15-14-28(2)3)27-21-12-13-29(18-21)23(30)20-9-5-6-10-20/h7-8,11,16,20-21H,4-6,9-10,12-15,17-18H2,1-3H3,(H2,25,26,27). The van der Waals surface area contributed by atoms with Gasteiger partial charge in [-0.15, -0.1) is 0 Å². The molecule has 7 heteroatoms. The topological polar surface area (TPSA) is 69.2 Å². The van der Waals surface area contributed by atoms with Gasteiger partial charge >= 0.3 is 0 Å². The Morgan fingerprint density at radius 1 is 1.26 bits per heavy atom. The molecule has 7 nitrogen and oxygen atoms in total. The van der Waals surface area contributed by atoms with Gasteiger partial charge in [-0.1, -0.05) is 25.0 Å². The lowest BCUT2D eigenvalue weighted by atomic mass is 10.1. The van der Waals surface area contributed by atoms with Crippen molar-refractivity contribution in [2.45, 2.75) is 51.6 Å². The number of likely N-dealkylation sites (tertiary alicyclic amines) is 1. The van der Waals surface area contributed by atoms with Crippen LogP contribution in [-0.4, -0.2) is 74.6 Å². The highest BCUT2D eigenvalue weighted by Gasteiger charge is 2.32. The predicted molar refractivity (Wildman–Crippen MR) is 125 cm³/mol.